The molecule has 39 heavy (non-hydrogen) atoms. The highest BCUT2D eigenvalue weighted by molar-refractivity contribution is 7.92. The summed E-state index contributed by atoms with van der Waals surface area (Å²) >= 11 is 5.90. The molecule has 0 aliphatic carbocycles. The summed E-state index contributed by atoms with van der Waals surface area (Å²) < 4.78 is 28.5. The predicted molar refractivity (Wildman–Crippen MR) is 161 cm³/mol. The Morgan fingerprint density at radius 3 is 2.41 bits per heavy atom. The standard InChI is InChI=1S/C30H27N5O2S2/c1-20-18-24(14-15-25(20)33-39(2,36)37)35-29(28(32-30(35)38)26-10-5-6-16-31-26)27-11-7-17-34(27)23-13-12-21-8-3-4-9-22(21)19-23/h3-19,28-29,33H,1-2H3,(H,32,38)/t28-,29-/m1/s1. The lowest BCUT2D eigenvalue weighted by atomic mass is 10.00. The second-order valence-corrected chi connectivity index (χ2v) is 11.8. The van der Waals surface area contributed by atoms with Gasteiger partial charge in [0.15, 0.2) is 5.11 Å². The minimum Gasteiger partial charge on any atom is -0.351 e. The lowest BCUT2D eigenvalue weighted by Crippen LogP contribution is -2.30. The van der Waals surface area contributed by atoms with Crippen LogP contribution in [0.4, 0.5) is 11.4 Å². The Bertz CT molecular complexity index is 1800. The van der Waals surface area contributed by atoms with Crippen LogP contribution in [0.5, 0.6) is 0 Å². The van der Waals surface area contributed by atoms with Crippen molar-refractivity contribution in [2.24, 2.45) is 0 Å². The topological polar surface area (TPSA) is 79.3 Å². The maximum Gasteiger partial charge on any atom is 0.229 e. The zero-order valence-electron chi connectivity index (χ0n) is 21.4. The molecular weight excluding hydrogens is 526 g/mol. The van der Waals surface area contributed by atoms with Gasteiger partial charge in [0.1, 0.15) is 6.04 Å². The van der Waals surface area contributed by atoms with Gasteiger partial charge in [-0.05, 0) is 90.1 Å². The number of thiocarbonyl (C=S) groups is 1. The molecule has 0 saturated carbocycles. The van der Waals surface area contributed by atoms with Crippen molar-refractivity contribution in [1.82, 2.24) is 14.9 Å². The third-order valence-corrected chi connectivity index (χ3v) is 7.88. The molecule has 0 unspecified atom stereocenters. The number of hydrogen-bond acceptors (Lipinski definition) is 4. The van der Waals surface area contributed by atoms with E-state index in [0.717, 1.165) is 40.0 Å². The first kappa shape index (κ1) is 25.1. The van der Waals surface area contributed by atoms with E-state index in [4.69, 9.17) is 12.2 Å². The van der Waals surface area contributed by atoms with E-state index in [0.29, 0.717) is 10.8 Å². The largest absolute Gasteiger partial charge is 0.351 e. The molecule has 0 radical (unpaired) electrons. The van der Waals surface area contributed by atoms with Gasteiger partial charge in [0.2, 0.25) is 10.0 Å². The Morgan fingerprint density at radius 1 is 0.897 bits per heavy atom. The molecule has 0 spiro atoms. The molecule has 1 aliphatic rings. The van der Waals surface area contributed by atoms with Gasteiger partial charge in [-0.25, -0.2) is 8.42 Å². The van der Waals surface area contributed by atoms with Gasteiger partial charge in [0, 0.05) is 29.5 Å². The lowest BCUT2D eigenvalue weighted by Gasteiger charge is -2.29. The van der Waals surface area contributed by atoms with Crippen molar-refractivity contribution in [3.63, 3.8) is 0 Å². The van der Waals surface area contributed by atoms with Gasteiger partial charge >= 0.3 is 0 Å². The number of aryl methyl sites for hydroxylation is 1. The van der Waals surface area contributed by atoms with Crippen LogP contribution in [0.15, 0.2) is 103 Å². The second kappa shape index (κ2) is 9.83. The average Bonchev–Trinajstić information content (AvgIpc) is 3.54. The van der Waals surface area contributed by atoms with Crippen LogP contribution in [0, 0.1) is 6.92 Å². The number of hydrogen-bond donors (Lipinski definition) is 2. The van der Waals surface area contributed by atoms with Crippen molar-refractivity contribution >= 4 is 49.5 Å². The van der Waals surface area contributed by atoms with Crippen molar-refractivity contribution in [1.29, 1.82) is 0 Å². The van der Waals surface area contributed by atoms with E-state index >= 15 is 0 Å². The van der Waals surface area contributed by atoms with Crippen LogP contribution in [0.25, 0.3) is 16.5 Å². The summed E-state index contributed by atoms with van der Waals surface area (Å²) in [6.45, 7) is 1.88. The van der Waals surface area contributed by atoms with Gasteiger partial charge in [-0.15, -0.1) is 0 Å². The summed E-state index contributed by atoms with van der Waals surface area (Å²) in [6, 6.07) is 30.0. The Labute approximate surface area is 233 Å². The van der Waals surface area contributed by atoms with E-state index in [1.807, 2.05) is 55.5 Å². The number of aromatic nitrogens is 2. The van der Waals surface area contributed by atoms with Crippen LogP contribution < -0.4 is 14.9 Å². The second-order valence-electron chi connectivity index (χ2n) is 9.70. The van der Waals surface area contributed by atoms with E-state index in [1.165, 1.54) is 5.39 Å². The maximum absolute atomic E-state index is 11.8. The van der Waals surface area contributed by atoms with Crippen LogP contribution in [0.1, 0.15) is 29.0 Å². The summed E-state index contributed by atoms with van der Waals surface area (Å²) in [6.07, 6.45) is 5.01. The first-order valence-corrected chi connectivity index (χ1v) is 14.8. The third-order valence-electron chi connectivity index (χ3n) is 6.98. The molecule has 5 aromatic rings. The minimum absolute atomic E-state index is 0.207. The molecule has 1 aliphatic heterocycles. The number of benzene rings is 3. The normalized spacial score (nSPS) is 17.4. The van der Waals surface area contributed by atoms with Gasteiger partial charge < -0.3 is 14.8 Å². The molecule has 0 bridgehead atoms. The molecule has 7 nitrogen and oxygen atoms in total. The van der Waals surface area contributed by atoms with E-state index < -0.39 is 10.0 Å². The predicted octanol–water partition coefficient (Wildman–Crippen LogP) is 5.88. The molecule has 2 atom stereocenters. The number of fused-ring (bicyclic) bond motifs is 1. The molecule has 2 N–H and O–H groups in total. The van der Waals surface area contributed by atoms with Crippen molar-refractivity contribution in [3.05, 3.63) is 120 Å². The number of pyridine rings is 1. The van der Waals surface area contributed by atoms with E-state index in [9.17, 15) is 8.42 Å². The fourth-order valence-corrected chi connectivity index (χ4v) is 6.22. The Morgan fingerprint density at radius 2 is 1.67 bits per heavy atom. The zero-order chi connectivity index (χ0) is 27.1. The van der Waals surface area contributed by atoms with Gasteiger partial charge in [0.25, 0.3) is 0 Å². The van der Waals surface area contributed by atoms with Crippen molar-refractivity contribution in [2.45, 2.75) is 19.0 Å². The number of nitrogens with zero attached hydrogens (tertiary/aromatic N) is 3. The van der Waals surface area contributed by atoms with Crippen LogP contribution in [0.2, 0.25) is 0 Å². The summed E-state index contributed by atoms with van der Waals surface area (Å²) in [4.78, 5) is 6.76. The number of rotatable bonds is 6. The highest BCUT2D eigenvalue weighted by Gasteiger charge is 2.42. The van der Waals surface area contributed by atoms with Gasteiger partial charge in [-0.1, -0.05) is 36.4 Å². The average molecular weight is 554 g/mol. The first-order valence-electron chi connectivity index (χ1n) is 12.5. The number of sulfonamides is 1. The van der Waals surface area contributed by atoms with Crippen LogP contribution >= 0.6 is 12.2 Å². The summed E-state index contributed by atoms with van der Waals surface area (Å²) in [7, 11) is -3.40. The first-order chi connectivity index (χ1) is 18.8. The van der Waals surface area contributed by atoms with Gasteiger partial charge in [0.05, 0.1) is 23.7 Å². The summed E-state index contributed by atoms with van der Waals surface area (Å²) in [5.41, 5.74) is 5.17. The monoisotopic (exact) mass is 553 g/mol. The van der Waals surface area contributed by atoms with Gasteiger partial charge in [-0.3, -0.25) is 9.71 Å². The molecule has 3 aromatic carbocycles. The van der Waals surface area contributed by atoms with Crippen LogP contribution in [-0.2, 0) is 10.0 Å². The third kappa shape index (κ3) is 4.86. The molecule has 1 saturated heterocycles. The van der Waals surface area contributed by atoms with E-state index in [2.05, 4.69) is 67.1 Å². The molecule has 3 heterocycles. The quantitative estimate of drug-likeness (QED) is 0.256. The SMILES string of the molecule is Cc1cc(N2C(=S)N[C@H](c3ccccn3)[C@H]2c2cccn2-c2ccc3ccccc3c2)ccc1NS(C)(=O)=O. The molecule has 6 rings (SSSR count). The highest BCUT2D eigenvalue weighted by atomic mass is 32.2. The van der Waals surface area contributed by atoms with Crippen molar-refractivity contribution in [2.75, 3.05) is 15.9 Å². The summed E-state index contributed by atoms with van der Waals surface area (Å²) in [5.74, 6) is 0. The fourth-order valence-electron chi connectivity index (χ4n) is 5.24. The fraction of sp³-hybridized carbons (Fsp3) is 0.133. The molecule has 2 aromatic heterocycles. The van der Waals surface area contributed by atoms with E-state index in [1.54, 1.807) is 12.3 Å². The number of anilines is 2. The highest BCUT2D eigenvalue weighted by Crippen LogP contribution is 2.43. The maximum atomic E-state index is 11.8. The van der Waals surface area contributed by atoms with Crippen LogP contribution in [-0.4, -0.2) is 29.3 Å². The van der Waals surface area contributed by atoms with Crippen LogP contribution in [0.3, 0.4) is 0 Å². The molecule has 1 fully saturated rings. The van der Waals surface area contributed by atoms with E-state index in [-0.39, 0.29) is 12.1 Å². The lowest BCUT2D eigenvalue weighted by molar-refractivity contribution is 0.549. The molecule has 196 valence electrons. The smallest absolute Gasteiger partial charge is 0.229 e. The number of nitrogens with one attached hydrogen (secondary N) is 2. The van der Waals surface area contributed by atoms with Crippen molar-refractivity contribution in [3.8, 4) is 5.69 Å². The molecule has 9 heteroatoms. The Hall–Kier alpha value is -4.21. The summed E-state index contributed by atoms with van der Waals surface area (Å²) in [5, 5.41) is 6.43. The van der Waals surface area contributed by atoms with Gasteiger partial charge in [-0.2, -0.15) is 0 Å². The Balaban J connectivity index is 1.48. The molecular formula is C30H27N5O2S2. The zero-order valence-corrected chi connectivity index (χ0v) is 23.1. The minimum atomic E-state index is -3.40. The molecule has 0 amide bonds. The Kier molecular flexibility index (Phi) is 6.32. The van der Waals surface area contributed by atoms with Crippen molar-refractivity contribution < 1.29 is 8.42 Å².